The van der Waals surface area contributed by atoms with Gasteiger partial charge in [0.15, 0.2) is 0 Å². The van der Waals surface area contributed by atoms with E-state index < -0.39 is 0 Å². The molecule has 4 unspecified atom stereocenters. The van der Waals surface area contributed by atoms with Gasteiger partial charge in [0.2, 0.25) is 0 Å². The summed E-state index contributed by atoms with van der Waals surface area (Å²) < 4.78 is 8.94. The minimum atomic E-state index is 0.0783. The highest BCUT2D eigenvalue weighted by Crippen LogP contribution is 2.41. The van der Waals surface area contributed by atoms with E-state index in [1.807, 2.05) is 6.07 Å². The number of quaternary nitrogens is 1. The molecule has 0 radical (unpaired) electrons. The van der Waals surface area contributed by atoms with Crippen molar-refractivity contribution in [3.05, 3.63) is 199 Å². The Labute approximate surface area is 313 Å². The summed E-state index contributed by atoms with van der Waals surface area (Å²) in [5, 5.41) is 10.0. The number of nitrogens with one attached hydrogen (secondary N) is 1. The van der Waals surface area contributed by atoms with Crippen LogP contribution in [0.15, 0.2) is 193 Å². The van der Waals surface area contributed by atoms with Gasteiger partial charge in [-0.3, -0.25) is 0 Å². The van der Waals surface area contributed by atoms with Gasteiger partial charge in [-0.1, -0.05) is 140 Å². The van der Waals surface area contributed by atoms with E-state index in [-0.39, 0.29) is 12.3 Å². The number of rotatable bonds is 6. The zero-order valence-corrected chi connectivity index (χ0v) is 29.6. The molecule has 9 aromatic rings. The molecule has 2 aromatic heterocycles. The maximum absolute atomic E-state index is 6.51. The molecule has 2 aliphatic rings. The van der Waals surface area contributed by atoms with Crippen LogP contribution in [0.3, 0.4) is 0 Å². The number of benzene rings is 7. The Hall–Kier alpha value is -6.46. The molecule has 4 atom stereocenters. The fourth-order valence-corrected chi connectivity index (χ4v) is 8.86. The first-order valence-electron chi connectivity index (χ1n) is 18.9. The molecule has 0 amide bonds. The summed E-state index contributed by atoms with van der Waals surface area (Å²) >= 11 is 0. The first-order valence-corrected chi connectivity index (χ1v) is 18.9. The highest BCUT2D eigenvalue weighted by Gasteiger charge is 2.37. The SMILES string of the molecule is C1=CCC(C2[N-]C(c3ccccc3)[NH+]2c2ccc(-n3c4ccc(-c5ccccc5)cc4c4ccc(-c5cccc6c5oc5ccccc56)cc43)cc2)C=C1. The van der Waals surface area contributed by atoms with Gasteiger partial charge in [-0.25, -0.2) is 0 Å². The molecule has 3 heterocycles. The van der Waals surface area contributed by atoms with Crippen molar-refractivity contribution in [1.29, 1.82) is 0 Å². The summed E-state index contributed by atoms with van der Waals surface area (Å²) in [4.78, 5) is 1.41. The lowest BCUT2D eigenvalue weighted by atomic mass is 9.91. The second-order valence-electron chi connectivity index (χ2n) is 14.6. The van der Waals surface area contributed by atoms with Crippen molar-refractivity contribution in [3.8, 4) is 27.9 Å². The molecule has 11 rings (SSSR count). The van der Waals surface area contributed by atoms with Gasteiger partial charge in [-0.15, -0.1) is 0 Å². The molecule has 258 valence electrons. The van der Waals surface area contributed by atoms with E-state index >= 15 is 0 Å². The van der Waals surface area contributed by atoms with Crippen molar-refractivity contribution >= 4 is 49.4 Å². The van der Waals surface area contributed by atoms with Crippen molar-refractivity contribution in [3.63, 3.8) is 0 Å². The predicted octanol–water partition coefficient (Wildman–Crippen LogP) is 12.1. The molecule has 0 spiro atoms. The standard InChI is InChI=1S/C50H36N3O/c1-4-13-33(14-5-1)36-24-30-45-44(31-36)41-29-23-37(40-20-12-21-43-42-19-10-11-22-47(42)54-48(40)43)32-46(41)52(45)38-25-27-39(28-26-38)53-49(34-15-6-2-7-16-34)51-50(53)35-17-8-3-9-18-35/h1-17,19-32,35,49-50H,18H2/q-1/p+1. The molecule has 1 N–H and O–H groups in total. The number of para-hydroxylation sites is 2. The molecule has 7 aromatic carbocycles. The van der Waals surface area contributed by atoms with Crippen LogP contribution < -0.4 is 4.90 Å². The third-order valence-electron chi connectivity index (χ3n) is 11.5. The zero-order chi connectivity index (χ0) is 35.6. The Kier molecular flexibility index (Phi) is 7.25. The second kappa shape index (κ2) is 12.6. The van der Waals surface area contributed by atoms with Crippen LogP contribution in [0.5, 0.6) is 0 Å². The number of allylic oxidation sites excluding steroid dienone is 3. The average molecular weight is 696 g/mol. The molecule has 54 heavy (non-hydrogen) atoms. The van der Waals surface area contributed by atoms with Gasteiger partial charge in [0.25, 0.3) is 0 Å². The molecular formula is C50H37N3O. The highest BCUT2D eigenvalue weighted by atomic mass is 16.3. The van der Waals surface area contributed by atoms with E-state index in [9.17, 15) is 0 Å². The summed E-state index contributed by atoms with van der Waals surface area (Å²) in [5.41, 5.74) is 12.5. The van der Waals surface area contributed by atoms with Gasteiger partial charge < -0.3 is 19.2 Å². The van der Waals surface area contributed by atoms with Crippen LogP contribution in [-0.2, 0) is 0 Å². The molecular weight excluding hydrogens is 659 g/mol. The molecule has 4 heteroatoms. The second-order valence-corrected chi connectivity index (χ2v) is 14.6. The molecule has 1 fully saturated rings. The van der Waals surface area contributed by atoms with E-state index in [4.69, 9.17) is 9.73 Å². The maximum atomic E-state index is 6.51. The Morgan fingerprint density at radius 1 is 0.574 bits per heavy atom. The van der Waals surface area contributed by atoms with Crippen LogP contribution in [0.2, 0.25) is 0 Å². The van der Waals surface area contributed by atoms with Gasteiger partial charge in [-0.2, -0.15) is 0 Å². The monoisotopic (exact) mass is 695 g/mol. The Balaban J connectivity index is 1.06. The molecule has 0 bridgehead atoms. The summed E-state index contributed by atoms with van der Waals surface area (Å²) in [6.07, 6.45) is 10.2. The number of fused-ring (bicyclic) bond motifs is 6. The minimum Gasteiger partial charge on any atom is -0.552 e. The molecule has 1 aliphatic carbocycles. The van der Waals surface area contributed by atoms with Crippen molar-refractivity contribution in [2.75, 3.05) is 0 Å². The lowest BCUT2D eigenvalue weighted by molar-refractivity contribution is -0.924. The van der Waals surface area contributed by atoms with Gasteiger partial charge in [-0.05, 0) is 65.1 Å². The number of nitrogens with zero attached hydrogens (tertiary/aromatic N) is 2. The summed E-state index contributed by atoms with van der Waals surface area (Å²) in [7, 11) is 0. The summed E-state index contributed by atoms with van der Waals surface area (Å²) in [6, 6.07) is 59.2. The summed E-state index contributed by atoms with van der Waals surface area (Å²) in [6.45, 7) is 0. The number of furan rings is 1. The maximum Gasteiger partial charge on any atom is 0.143 e. The number of hydrogen-bond acceptors (Lipinski definition) is 1. The van der Waals surface area contributed by atoms with E-state index in [1.54, 1.807) is 0 Å². The largest absolute Gasteiger partial charge is 0.552 e. The van der Waals surface area contributed by atoms with Gasteiger partial charge in [0.1, 0.15) is 16.9 Å². The van der Waals surface area contributed by atoms with Crippen LogP contribution >= 0.6 is 0 Å². The Morgan fingerprint density at radius 2 is 1.35 bits per heavy atom. The van der Waals surface area contributed by atoms with Crippen LogP contribution in [-0.4, -0.2) is 10.7 Å². The van der Waals surface area contributed by atoms with E-state index in [2.05, 4.69) is 187 Å². The molecule has 4 nitrogen and oxygen atoms in total. The Bertz CT molecular complexity index is 2900. The first kappa shape index (κ1) is 31.1. The lowest BCUT2D eigenvalue weighted by Crippen LogP contribution is -3.18. The number of hydrogen-bond donors (Lipinski definition) is 1. The predicted molar refractivity (Wildman–Crippen MR) is 222 cm³/mol. The zero-order valence-electron chi connectivity index (χ0n) is 29.6. The van der Waals surface area contributed by atoms with Crippen molar-refractivity contribution in [2.24, 2.45) is 5.92 Å². The van der Waals surface area contributed by atoms with E-state index in [0.29, 0.717) is 5.92 Å². The van der Waals surface area contributed by atoms with Gasteiger partial charge in [0, 0.05) is 63.2 Å². The quantitative estimate of drug-likeness (QED) is 0.185. The molecule has 1 aliphatic heterocycles. The normalized spacial score (nSPS) is 19.6. The minimum absolute atomic E-state index is 0.0783. The summed E-state index contributed by atoms with van der Waals surface area (Å²) in [5.74, 6) is 0.385. The van der Waals surface area contributed by atoms with E-state index in [0.717, 1.165) is 45.2 Å². The Morgan fingerprint density at radius 3 is 2.19 bits per heavy atom. The third-order valence-corrected chi connectivity index (χ3v) is 11.5. The van der Waals surface area contributed by atoms with Crippen molar-refractivity contribution in [2.45, 2.75) is 18.8 Å². The van der Waals surface area contributed by atoms with Crippen LogP contribution in [0, 0.1) is 5.92 Å². The van der Waals surface area contributed by atoms with Gasteiger partial charge >= 0.3 is 0 Å². The molecule has 1 saturated heterocycles. The van der Waals surface area contributed by atoms with Crippen LogP contribution in [0.4, 0.5) is 5.69 Å². The average Bonchev–Trinajstić information content (AvgIpc) is 3.77. The van der Waals surface area contributed by atoms with Crippen molar-refractivity contribution in [1.82, 2.24) is 4.57 Å². The third kappa shape index (κ3) is 4.99. The fraction of sp³-hybridized carbons (Fsp3) is 0.0800. The van der Waals surface area contributed by atoms with Crippen LogP contribution in [0.25, 0.3) is 77.0 Å². The van der Waals surface area contributed by atoms with E-state index in [1.165, 1.54) is 49.1 Å². The topological polar surface area (TPSA) is 36.6 Å². The molecule has 0 saturated carbocycles. The smallest absolute Gasteiger partial charge is 0.143 e. The van der Waals surface area contributed by atoms with Crippen molar-refractivity contribution < 1.29 is 9.32 Å². The number of aromatic nitrogens is 1. The van der Waals surface area contributed by atoms with Crippen LogP contribution in [0.1, 0.15) is 18.2 Å². The lowest BCUT2D eigenvalue weighted by Gasteiger charge is -2.60. The fourth-order valence-electron chi connectivity index (χ4n) is 8.86. The highest BCUT2D eigenvalue weighted by molar-refractivity contribution is 6.13. The first-order chi connectivity index (χ1) is 26.8. The van der Waals surface area contributed by atoms with Gasteiger partial charge in [0.05, 0.1) is 11.0 Å².